The van der Waals surface area contributed by atoms with E-state index in [2.05, 4.69) is 6.58 Å². The third-order valence-corrected chi connectivity index (χ3v) is 4.18. The molecule has 0 heterocycles. The summed E-state index contributed by atoms with van der Waals surface area (Å²) in [4.78, 5) is 25.7. The molecular formula is C19H16O2. The summed E-state index contributed by atoms with van der Waals surface area (Å²) in [6, 6.07) is 18.1. The lowest BCUT2D eigenvalue weighted by Gasteiger charge is -2.14. The Morgan fingerprint density at radius 2 is 1.33 bits per heavy atom. The Hall–Kier alpha value is -2.48. The van der Waals surface area contributed by atoms with Gasteiger partial charge in [-0.2, -0.15) is 0 Å². The van der Waals surface area contributed by atoms with Gasteiger partial charge in [0.25, 0.3) is 0 Å². The Kier molecular flexibility index (Phi) is 3.30. The average molecular weight is 276 g/mol. The highest BCUT2D eigenvalue weighted by Crippen LogP contribution is 2.57. The van der Waals surface area contributed by atoms with Crippen molar-refractivity contribution in [2.45, 2.75) is 6.42 Å². The van der Waals surface area contributed by atoms with Crippen LogP contribution in [-0.4, -0.2) is 11.6 Å². The maximum Gasteiger partial charge on any atom is 0.177 e. The molecule has 1 aliphatic rings. The van der Waals surface area contributed by atoms with Crippen LogP contribution in [0.25, 0.3) is 0 Å². The Labute approximate surface area is 124 Å². The highest BCUT2D eigenvalue weighted by molar-refractivity contribution is 6.22. The van der Waals surface area contributed by atoms with E-state index in [1.807, 2.05) is 36.4 Å². The molecule has 2 heteroatoms. The molecule has 0 spiro atoms. The Balaban J connectivity index is 2.00. The summed E-state index contributed by atoms with van der Waals surface area (Å²) in [5.41, 5.74) is 0.224. The molecule has 0 aromatic heterocycles. The monoisotopic (exact) mass is 276 g/mol. The fourth-order valence-electron chi connectivity index (χ4n) is 2.89. The highest BCUT2D eigenvalue weighted by atomic mass is 16.2. The van der Waals surface area contributed by atoms with Crippen molar-refractivity contribution in [1.29, 1.82) is 0 Å². The first-order chi connectivity index (χ1) is 10.2. The van der Waals surface area contributed by atoms with E-state index < -0.39 is 5.41 Å². The topological polar surface area (TPSA) is 34.1 Å². The number of allylic oxidation sites excluding steroid dienone is 1. The summed E-state index contributed by atoms with van der Waals surface area (Å²) < 4.78 is 0. The van der Waals surface area contributed by atoms with Gasteiger partial charge in [-0.25, -0.2) is 0 Å². The highest BCUT2D eigenvalue weighted by Gasteiger charge is 2.63. The van der Waals surface area contributed by atoms with Crippen molar-refractivity contribution >= 4 is 11.6 Å². The maximum atomic E-state index is 12.8. The number of rotatable bonds is 5. The molecule has 0 N–H and O–H groups in total. The maximum absolute atomic E-state index is 12.8. The largest absolute Gasteiger partial charge is 0.293 e. The first-order valence-electron chi connectivity index (χ1n) is 7.02. The molecule has 1 fully saturated rings. The summed E-state index contributed by atoms with van der Waals surface area (Å²) in [5, 5.41) is 0. The van der Waals surface area contributed by atoms with E-state index >= 15 is 0 Å². The van der Waals surface area contributed by atoms with Gasteiger partial charge in [-0.3, -0.25) is 9.59 Å². The van der Waals surface area contributed by atoms with Crippen LogP contribution in [0.3, 0.4) is 0 Å². The van der Waals surface area contributed by atoms with Crippen molar-refractivity contribution in [3.63, 3.8) is 0 Å². The number of ketones is 2. The minimum absolute atomic E-state index is 0.0714. The second-order valence-corrected chi connectivity index (χ2v) is 5.41. The van der Waals surface area contributed by atoms with E-state index in [0.29, 0.717) is 17.5 Å². The van der Waals surface area contributed by atoms with Gasteiger partial charge in [0.2, 0.25) is 0 Å². The molecule has 2 aromatic carbocycles. The van der Waals surface area contributed by atoms with Crippen LogP contribution in [0.2, 0.25) is 0 Å². The zero-order chi connectivity index (χ0) is 14.9. The molecule has 0 aliphatic heterocycles. The van der Waals surface area contributed by atoms with Gasteiger partial charge in [-0.15, -0.1) is 6.58 Å². The average Bonchev–Trinajstić information content (AvgIpc) is 3.31. The quantitative estimate of drug-likeness (QED) is 0.471. The SMILES string of the molecule is C=C[C@H]1CC1(C(=O)c1ccccc1)C(=O)c1ccccc1. The predicted octanol–water partition coefficient (Wildman–Crippen LogP) is 3.94. The van der Waals surface area contributed by atoms with Gasteiger partial charge in [0.1, 0.15) is 5.41 Å². The first-order valence-corrected chi connectivity index (χ1v) is 7.02. The minimum Gasteiger partial charge on any atom is -0.293 e. The summed E-state index contributed by atoms with van der Waals surface area (Å²) in [7, 11) is 0. The van der Waals surface area contributed by atoms with E-state index in [0.717, 1.165) is 0 Å². The molecule has 21 heavy (non-hydrogen) atoms. The molecule has 1 aliphatic carbocycles. The standard InChI is InChI=1S/C19H16O2/c1-2-16-13-19(16,17(20)14-9-5-3-6-10-14)18(21)15-11-7-4-8-12-15/h2-12,16H,1,13H2/t16-/m0/s1. The first kappa shape index (κ1) is 13.5. The fraction of sp³-hybridized carbons (Fsp3) is 0.158. The summed E-state index contributed by atoms with van der Waals surface area (Å²) in [6.45, 7) is 3.77. The zero-order valence-corrected chi connectivity index (χ0v) is 11.7. The number of hydrogen-bond donors (Lipinski definition) is 0. The van der Waals surface area contributed by atoms with Crippen molar-refractivity contribution in [2.24, 2.45) is 11.3 Å². The Bertz CT molecular complexity index is 635. The van der Waals surface area contributed by atoms with Crippen molar-refractivity contribution in [3.05, 3.63) is 84.4 Å². The lowest BCUT2D eigenvalue weighted by Crippen LogP contribution is -2.28. The molecule has 0 unspecified atom stereocenters. The van der Waals surface area contributed by atoms with Gasteiger partial charge < -0.3 is 0 Å². The predicted molar refractivity (Wildman–Crippen MR) is 82.3 cm³/mol. The van der Waals surface area contributed by atoms with Crippen LogP contribution in [0.5, 0.6) is 0 Å². The van der Waals surface area contributed by atoms with Crippen LogP contribution in [0.4, 0.5) is 0 Å². The van der Waals surface area contributed by atoms with Crippen LogP contribution >= 0.6 is 0 Å². The van der Waals surface area contributed by atoms with E-state index in [-0.39, 0.29) is 17.5 Å². The number of carbonyl (C=O) groups excluding carboxylic acids is 2. The van der Waals surface area contributed by atoms with Crippen LogP contribution < -0.4 is 0 Å². The molecular weight excluding hydrogens is 260 g/mol. The Morgan fingerprint density at radius 1 is 0.905 bits per heavy atom. The minimum atomic E-state index is -0.954. The van der Waals surface area contributed by atoms with E-state index in [9.17, 15) is 9.59 Å². The van der Waals surface area contributed by atoms with Crippen LogP contribution in [0.1, 0.15) is 27.1 Å². The van der Waals surface area contributed by atoms with Crippen molar-refractivity contribution < 1.29 is 9.59 Å². The summed E-state index contributed by atoms with van der Waals surface area (Å²) in [6.07, 6.45) is 2.28. The molecule has 0 saturated heterocycles. The molecule has 1 saturated carbocycles. The number of hydrogen-bond acceptors (Lipinski definition) is 2. The lowest BCUT2D eigenvalue weighted by atomic mass is 9.85. The van der Waals surface area contributed by atoms with Gasteiger partial charge in [-0.05, 0) is 12.3 Å². The summed E-state index contributed by atoms with van der Waals surface area (Å²) in [5.74, 6) is -0.262. The third kappa shape index (κ3) is 2.13. The van der Waals surface area contributed by atoms with Gasteiger partial charge in [0.05, 0.1) is 0 Å². The second kappa shape index (κ2) is 5.13. The fourth-order valence-corrected chi connectivity index (χ4v) is 2.89. The molecule has 104 valence electrons. The number of benzene rings is 2. The Morgan fingerprint density at radius 3 is 1.67 bits per heavy atom. The number of Topliss-reactive ketones (excluding diaryl/α,β-unsaturated/α-hetero) is 2. The lowest BCUT2D eigenvalue weighted by molar-refractivity contribution is 0.0773. The van der Waals surface area contributed by atoms with Crippen LogP contribution in [0, 0.1) is 11.3 Å². The van der Waals surface area contributed by atoms with Gasteiger partial charge in [0.15, 0.2) is 11.6 Å². The molecule has 0 amide bonds. The molecule has 1 atom stereocenters. The smallest absolute Gasteiger partial charge is 0.177 e. The molecule has 0 radical (unpaired) electrons. The molecule has 2 aromatic rings. The zero-order valence-electron chi connectivity index (χ0n) is 11.7. The normalized spacial score (nSPS) is 18.8. The van der Waals surface area contributed by atoms with Crippen molar-refractivity contribution in [3.8, 4) is 0 Å². The van der Waals surface area contributed by atoms with E-state index in [1.54, 1.807) is 30.3 Å². The van der Waals surface area contributed by atoms with Crippen molar-refractivity contribution in [2.75, 3.05) is 0 Å². The third-order valence-electron chi connectivity index (χ3n) is 4.18. The molecule has 2 nitrogen and oxygen atoms in total. The summed E-state index contributed by atoms with van der Waals surface area (Å²) >= 11 is 0. The second-order valence-electron chi connectivity index (χ2n) is 5.41. The van der Waals surface area contributed by atoms with Crippen LogP contribution in [-0.2, 0) is 0 Å². The van der Waals surface area contributed by atoms with E-state index in [4.69, 9.17) is 0 Å². The molecule has 0 bridgehead atoms. The van der Waals surface area contributed by atoms with Gasteiger partial charge >= 0.3 is 0 Å². The van der Waals surface area contributed by atoms with Crippen molar-refractivity contribution in [1.82, 2.24) is 0 Å². The number of carbonyl (C=O) groups is 2. The molecule has 3 rings (SSSR count). The van der Waals surface area contributed by atoms with Crippen LogP contribution in [0.15, 0.2) is 73.3 Å². The van der Waals surface area contributed by atoms with Gasteiger partial charge in [-0.1, -0.05) is 66.7 Å². The van der Waals surface area contributed by atoms with E-state index in [1.165, 1.54) is 0 Å². The van der Waals surface area contributed by atoms with Gasteiger partial charge in [0, 0.05) is 11.1 Å².